The second-order valence-electron chi connectivity index (χ2n) is 11.1. The van der Waals surface area contributed by atoms with E-state index in [1.807, 2.05) is 29.6 Å². The van der Waals surface area contributed by atoms with E-state index in [9.17, 15) is 25.2 Å². The molecule has 276 valence electrons. The van der Waals surface area contributed by atoms with Gasteiger partial charge in [0, 0.05) is 34.3 Å². The summed E-state index contributed by atoms with van der Waals surface area (Å²) in [7, 11) is 1.66. The lowest BCUT2D eigenvalue weighted by atomic mass is 9.96. The standard InChI is InChI=1S/C35H37ClN8O4S2.2ClH/c1-21(35(46)47)44(34(45)29(40)5-3-4-14-37)15-16-48-26-12-8-22(9-13-26)30-27(17-38)31(41-2)43-33(28(30)18-39)50-20-25-19-49-32(42-25)23-6-10-24(36)11-7-23;;/h6-13,19,21,29H,3-5,14-16,20,37,40H2,1-2H3,(H,41,43)(H,46,47);2*1H/t21-,29-;;/m0../s1. The number of rotatable bonds is 17. The number of amides is 1. The fourth-order valence-electron chi connectivity index (χ4n) is 5.04. The van der Waals surface area contributed by atoms with Crippen molar-refractivity contribution in [2.75, 3.05) is 32.1 Å². The normalized spacial score (nSPS) is 11.5. The Hall–Kier alpha value is -4.12. The number of hydrogen-bond donors (Lipinski definition) is 4. The summed E-state index contributed by atoms with van der Waals surface area (Å²) in [6, 6.07) is 16.8. The van der Waals surface area contributed by atoms with Crippen LogP contribution in [0.5, 0.6) is 5.75 Å². The Morgan fingerprint density at radius 2 is 1.71 bits per heavy atom. The van der Waals surface area contributed by atoms with Gasteiger partial charge < -0.3 is 31.5 Å². The highest BCUT2D eigenvalue weighted by atomic mass is 35.5. The van der Waals surface area contributed by atoms with Gasteiger partial charge in [0.05, 0.1) is 23.8 Å². The number of nitrogens with zero attached hydrogens (tertiary/aromatic N) is 5. The molecule has 0 bridgehead atoms. The first-order valence-corrected chi connectivity index (χ1v) is 18.0. The molecule has 0 aliphatic heterocycles. The molecule has 4 rings (SSSR count). The minimum Gasteiger partial charge on any atom is -0.492 e. The SMILES string of the molecule is CNc1nc(SCc2csc(-c3ccc(Cl)cc3)n2)c(C#N)c(-c2ccc(OCCN(C(=O)[C@@H](N)CCCCN)[C@@H](C)C(=O)O)cc2)c1C#N.Cl.Cl. The summed E-state index contributed by atoms with van der Waals surface area (Å²) in [5.41, 5.74) is 14.9. The number of nitrogens with two attached hydrogens (primary N) is 2. The van der Waals surface area contributed by atoms with Crippen molar-refractivity contribution in [1.29, 1.82) is 10.5 Å². The van der Waals surface area contributed by atoms with E-state index in [4.69, 9.17) is 32.8 Å². The van der Waals surface area contributed by atoms with E-state index in [2.05, 4.69) is 22.4 Å². The van der Waals surface area contributed by atoms with Crippen molar-refractivity contribution >= 4 is 77.2 Å². The van der Waals surface area contributed by atoms with Crippen LogP contribution in [0.3, 0.4) is 0 Å². The lowest BCUT2D eigenvalue weighted by molar-refractivity contribution is -0.150. The van der Waals surface area contributed by atoms with E-state index in [0.717, 1.165) is 22.7 Å². The molecule has 12 nitrogen and oxygen atoms in total. The van der Waals surface area contributed by atoms with Crippen LogP contribution in [0.4, 0.5) is 5.82 Å². The Morgan fingerprint density at radius 3 is 2.31 bits per heavy atom. The molecule has 0 saturated heterocycles. The van der Waals surface area contributed by atoms with Gasteiger partial charge >= 0.3 is 5.97 Å². The molecule has 2 aromatic carbocycles. The quantitative estimate of drug-likeness (QED) is 0.0660. The maximum atomic E-state index is 13.0. The second kappa shape index (κ2) is 21.4. The van der Waals surface area contributed by atoms with Crippen LogP contribution in [0.25, 0.3) is 21.7 Å². The van der Waals surface area contributed by atoms with Crippen molar-refractivity contribution in [2.24, 2.45) is 11.5 Å². The summed E-state index contributed by atoms with van der Waals surface area (Å²) in [5.74, 6) is -0.379. The third-order valence-electron chi connectivity index (χ3n) is 7.76. The smallest absolute Gasteiger partial charge is 0.326 e. The van der Waals surface area contributed by atoms with Crippen LogP contribution in [0.2, 0.25) is 5.02 Å². The van der Waals surface area contributed by atoms with Crippen molar-refractivity contribution in [1.82, 2.24) is 14.9 Å². The summed E-state index contributed by atoms with van der Waals surface area (Å²) < 4.78 is 5.88. The number of nitrogens with one attached hydrogen (secondary N) is 1. The van der Waals surface area contributed by atoms with Crippen LogP contribution < -0.4 is 21.5 Å². The molecular formula is C35H39Cl3N8O4S2. The van der Waals surface area contributed by atoms with Crippen LogP contribution in [0, 0.1) is 22.7 Å². The van der Waals surface area contributed by atoms with Crippen molar-refractivity contribution in [3.8, 4) is 39.6 Å². The first kappa shape index (κ1) is 44.0. The van der Waals surface area contributed by atoms with Gasteiger partial charge in [-0.3, -0.25) is 4.79 Å². The number of anilines is 1. The van der Waals surface area contributed by atoms with Gasteiger partial charge in [-0.2, -0.15) is 10.5 Å². The molecule has 0 aliphatic carbocycles. The van der Waals surface area contributed by atoms with Gasteiger partial charge in [-0.1, -0.05) is 54.0 Å². The number of aromatic nitrogens is 2. The maximum Gasteiger partial charge on any atom is 0.326 e. The summed E-state index contributed by atoms with van der Waals surface area (Å²) in [6.07, 6.45) is 1.78. The highest BCUT2D eigenvalue weighted by molar-refractivity contribution is 7.98. The Labute approximate surface area is 328 Å². The van der Waals surface area contributed by atoms with E-state index in [-0.39, 0.29) is 49.1 Å². The van der Waals surface area contributed by atoms with E-state index in [1.54, 1.807) is 31.3 Å². The average Bonchev–Trinajstić information content (AvgIpc) is 3.60. The number of carbonyl (C=O) groups is 2. The minimum absolute atomic E-state index is 0. The number of thioether (sulfide) groups is 1. The number of halogens is 3. The van der Waals surface area contributed by atoms with Gasteiger partial charge in [-0.15, -0.1) is 36.2 Å². The van der Waals surface area contributed by atoms with E-state index >= 15 is 0 Å². The van der Waals surface area contributed by atoms with Gasteiger partial charge in [0.25, 0.3) is 0 Å². The molecule has 4 aromatic rings. The monoisotopic (exact) mass is 804 g/mol. The van der Waals surface area contributed by atoms with Crippen LogP contribution in [-0.4, -0.2) is 70.7 Å². The molecular weight excluding hydrogens is 767 g/mol. The van der Waals surface area contributed by atoms with E-state index in [1.165, 1.54) is 34.9 Å². The molecule has 0 unspecified atom stereocenters. The Balaban J connectivity index is 0.00000468. The van der Waals surface area contributed by atoms with Crippen LogP contribution in [0.1, 0.15) is 43.0 Å². The molecule has 17 heteroatoms. The molecule has 0 fully saturated rings. The number of aliphatic carboxylic acids is 1. The summed E-state index contributed by atoms with van der Waals surface area (Å²) in [6.45, 7) is 1.93. The van der Waals surface area contributed by atoms with E-state index in [0.29, 0.717) is 57.9 Å². The van der Waals surface area contributed by atoms with E-state index < -0.39 is 24.0 Å². The number of carboxylic acids is 1. The zero-order valence-corrected chi connectivity index (χ0v) is 32.4. The Kier molecular flexibility index (Phi) is 18.1. The number of carboxylic acid groups (broad SMARTS) is 1. The first-order valence-electron chi connectivity index (χ1n) is 15.7. The number of ether oxygens (including phenoxy) is 1. The van der Waals surface area contributed by atoms with Crippen molar-refractivity contribution < 1.29 is 19.4 Å². The molecule has 2 atom stereocenters. The molecule has 2 aromatic heterocycles. The zero-order valence-electron chi connectivity index (χ0n) is 28.4. The molecule has 0 saturated carbocycles. The number of carbonyl (C=O) groups excluding carboxylic acids is 1. The van der Waals surface area contributed by atoms with Crippen molar-refractivity contribution in [3.05, 3.63) is 75.8 Å². The number of nitriles is 2. The highest BCUT2D eigenvalue weighted by Gasteiger charge is 2.29. The summed E-state index contributed by atoms with van der Waals surface area (Å²) in [5, 5.41) is 36.9. The Morgan fingerprint density at radius 1 is 1.06 bits per heavy atom. The third-order valence-corrected chi connectivity index (χ3v) is 9.96. The predicted octanol–water partition coefficient (Wildman–Crippen LogP) is 6.58. The number of unbranched alkanes of at least 4 members (excludes halogenated alkanes) is 1. The predicted molar refractivity (Wildman–Crippen MR) is 210 cm³/mol. The molecule has 0 spiro atoms. The summed E-state index contributed by atoms with van der Waals surface area (Å²) in [4.78, 5) is 35.3. The van der Waals surface area contributed by atoms with Crippen molar-refractivity contribution in [2.45, 2.75) is 49.0 Å². The molecule has 0 aliphatic rings. The largest absolute Gasteiger partial charge is 0.492 e. The van der Waals surface area contributed by atoms with Gasteiger partial charge in [0.2, 0.25) is 5.91 Å². The Bertz CT molecular complexity index is 1880. The topological polar surface area (TPSA) is 204 Å². The lowest BCUT2D eigenvalue weighted by Gasteiger charge is -2.29. The minimum atomic E-state index is -1.15. The third kappa shape index (κ3) is 11.2. The van der Waals surface area contributed by atoms with Gasteiger partial charge in [-0.05, 0) is 56.1 Å². The molecule has 0 radical (unpaired) electrons. The highest BCUT2D eigenvalue weighted by Crippen LogP contribution is 2.38. The number of thiazole rings is 1. The molecule has 2 heterocycles. The van der Waals surface area contributed by atoms with Gasteiger partial charge in [0.1, 0.15) is 52.0 Å². The van der Waals surface area contributed by atoms with Crippen molar-refractivity contribution in [3.63, 3.8) is 0 Å². The summed E-state index contributed by atoms with van der Waals surface area (Å²) >= 11 is 8.88. The van der Waals surface area contributed by atoms with Crippen LogP contribution in [0.15, 0.2) is 58.9 Å². The van der Waals surface area contributed by atoms with Gasteiger partial charge in [-0.25, -0.2) is 14.8 Å². The first-order chi connectivity index (χ1) is 24.1. The molecule has 52 heavy (non-hydrogen) atoms. The lowest BCUT2D eigenvalue weighted by Crippen LogP contribution is -2.51. The number of benzene rings is 2. The average molecular weight is 806 g/mol. The zero-order chi connectivity index (χ0) is 36.2. The van der Waals surface area contributed by atoms with Crippen LogP contribution >= 0.6 is 59.5 Å². The number of pyridine rings is 1. The second-order valence-corrected chi connectivity index (χ2v) is 13.4. The molecule has 6 N–H and O–H groups in total. The maximum absolute atomic E-state index is 13.0. The fraction of sp³-hybridized carbons (Fsp3) is 0.314. The van der Waals surface area contributed by atoms with Crippen LogP contribution in [-0.2, 0) is 15.3 Å². The molecule has 1 amide bonds. The fourth-order valence-corrected chi connectivity index (χ4v) is 6.98. The number of hydrogen-bond acceptors (Lipinski definition) is 12. The van der Waals surface area contributed by atoms with Gasteiger partial charge in [0.15, 0.2) is 0 Å².